The van der Waals surface area contributed by atoms with Crippen LogP contribution in [0.1, 0.15) is 16.7 Å². The zero-order valence-corrected chi connectivity index (χ0v) is 11.4. The zero-order valence-electron chi connectivity index (χ0n) is 11.4. The Morgan fingerprint density at radius 3 is 2.24 bits per heavy atom. The molecular formula is C18H16O3. The van der Waals surface area contributed by atoms with Crippen LogP contribution in [-0.4, -0.2) is 16.0 Å². The fraction of sp³-hybridized carbons (Fsp3) is 0.0556. The van der Waals surface area contributed by atoms with Gasteiger partial charge in [-0.05, 0) is 41.0 Å². The van der Waals surface area contributed by atoms with Gasteiger partial charge in [-0.15, -0.1) is 0 Å². The van der Waals surface area contributed by atoms with Gasteiger partial charge in [0, 0.05) is 0 Å². The van der Waals surface area contributed by atoms with Crippen LogP contribution in [0.4, 0.5) is 0 Å². The summed E-state index contributed by atoms with van der Waals surface area (Å²) in [7, 11) is 0. The maximum Gasteiger partial charge on any atom is 0.178 e. The second kappa shape index (κ2) is 7.22. The lowest BCUT2D eigenvalue weighted by Gasteiger charge is -1.96. The van der Waals surface area contributed by atoms with E-state index in [1.165, 1.54) is 12.2 Å². The number of aromatic hydroxyl groups is 1. The summed E-state index contributed by atoms with van der Waals surface area (Å²) in [5.74, 6) is 0.0358. The van der Waals surface area contributed by atoms with Crippen LogP contribution in [0.3, 0.4) is 0 Å². The van der Waals surface area contributed by atoms with Gasteiger partial charge >= 0.3 is 0 Å². The van der Waals surface area contributed by atoms with E-state index in [1.807, 2.05) is 24.3 Å². The number of hydrogen-bond donors (Lipinski definition) is 2. The molecular weight excluding hydrogens is 264 g/mol. The molecule has 0 saturated heterocycles. The summed E-state index contributed by atoms with van der Waals surface area (Å²) in [6, 6.07) is 14.0. The SMILES string of the molecule is O=C(/C=C/c1ccc(CO)cc1)/C=C/c1cccc(O)c1. The van der Waals surface area contributed by atoms with E-state index in [9.17, 15) is 9.90 Å². The minimum atomic E-state index is -0.135. The zero-order chi connectivity index (χ0) is 15.1. The lowest BCUT2D eigenvalue weighted by molar-refractivity contribution is -0.110. The highest BCUT2D eigenvalue weighted by atomic mass is 16.3. The van der Waals surface area contributed by atoms with Crippen LogP contribution in [0.25, 0.3) is 12.2 Å². The van der Waals surface area contributed by atoms with E-state index in [0.717, 1.165) is 16.7 Å². The minimum Gasteiger partial charge on any atom is -0.508 e. The first-order valence-corrected chi connectivity index (χ1v) is 6.56. The molecule has 0 aliphatic heterocycles. The molecule has 0 spiro atoms. The Morgan fingerprint density at radius 1 is 0.952 bits per heavy atom. The van der Waals surface area contributed by atoms with Crippen LogP contribution in [0, 0.1) is 0 Å². The Labute approximate surface area is 123 Å². The Balaban J connectivity index is 1.98. The molecule has 0 unspecified atom stereocenters. The predicted octanol–water partition coefficient (Wildman–Crippen LogP) is 3.18. The standard InChI is InChI=1S/C18H16O3/c19-13-16-6-4-14(5-7-16)8-10-17(20)11-9-15-2-1-3-18(21)12-15/h1-12,19,21H,13H2/b10-8+,11-9+. The van der Waals surface area contributed by atoms with Crippen LogP contribution in [-0.2, 0) is 11.4 Å². The third-order valence-electron chi connectivity index (χ3n) is 2.91. The van der Waals surface area contributed by atoms with E-state index in [0.29, 0.717) is 0 Å². The van der Waals surface area contributed by atoms with E-state index >= 15 is 0 Å². The summed E-state index contributed by atoms with van der Waals surface area (Å²) in [5, 5.41) is 18.3. The van der Waals surface area contributed by atoms with E-state index in [1.54, 1.807) is 36.4 Å². The summed E-state index contributed by atoms with van der Waals surface area (Å²) < 4.78 is 0. The second-order valence-electron chi connectivity index (χ2n) is 4.56. The fourth-order valence-corrected chi connectivity index (χ4v) is 1.77. The molecule has 2 aromatic carbocycles. The van der Waals surface area contributed by atoms with E-state index in [2.05, 4.69) is 0 Å². The van der Waals surface area contributed by atoms with Crippen LogP contribution in [0.2, 0.25) is 0 Å². The Hall–Kier alpha value is -2.65. The molecule has 0 heterocycles. The Morgan fingerprint density at radius 2 is 1.62 bits per heavy atom. The quantitative estimate of drug-likeness (QED) is 0.827. The number of rotatable bonds is 5. The molecule has 0 aliphatic rings. The number of benzene rings is 2. The second-order valence-corrected chi connectivity index (χ2v) is 4.56. The van der Waals surface area contributed by atoms with Gasteiger partial charge < -0.3 is 10.2 Å². The molecule has 3 nitrogen and oxygen atoms in total. The van der Waals surface area contributed by atoms with Crippen LogP contribution >= 0.6 is 0 Å². The smallest absolute Gasteiger partial charge is 0.178 e. The fourth-order valence-electron chi connectivity index (χ4n) is 1.77. The highest BCUT2D eigenvalue weighted by Gasteiger charge is 1.94. The van der Waals surface area contributed by atoms with Crippen LogP contribution in [0.15, 0.2) is 60.7 Å². The van der Waals surface area contributed by atoms with E-state index in [-0.39, 0.29) is 18.1 Å². The van der Waals surface area contributed by atoms with Crippen molar-refractivity contribution in [3.05, 3.63) is 77.4 Å². The molecule has 2 N–H and O–H groups in total. The summed E-state index contributed by atoms with van der Waals surface area (Å²) in [6.45, 7) is 0.00951. The summed E-state index contributed by atoms with van der Waals surface area (Å²) in [6.07, 6.45) is 6.30. The average molecular weight is 280 g/mol. The monoisotopic (exact) mass is 280 g/mol. The van der Waals surface area contributed by atoms with E-state index < -0.39 is 0 Å². The average Bonchev–Trinajstić information content (AvgIpc) is 2.51. The number of phenols is 1. The Kier molecular flexibility index (Phi) is 5.07. The van der Waals surface area contributed by atoms with Gasteiger partial charge in [-0.3, -0.25) is 4.79 Å². The van der Waals surface area contributed by atoms with Crippen molar-refractivity contribution >= 4 is 17.9 Å². The lowest BCUT2D eigenvalue weighted by atomic mass is 10.1. The van der Waals surface area contributed by atoms with Gasteiger partial charge in [0.15, 0.2) is 5.78 Å². The van der Waals surface area contributed by atoms with Crippen molar-refractivity contribution in [2.45, 2.75) is 6.61 Å². The largest absolute Gasteiger partial charge is 0.508 e. The maximum absolute atomic E-state index is 11.7. The third kappa shape index (κ3) is 4.75. The number of allylic oxidation sites excluding steroid dienone is 2. The number of carbonyl (C=O) groups is 1. The van der Waals surface area contributed by atoms with Crippen molar-refractivity contribution in [1.82, 2.24) is 0 Å². The number of ketones is 1. The molecule has 0 atom stereocenters. The molecule has 0 bridgehead atoms. The number of hydrogen-bond acceptors (Lipinski definition) is 3. The van der Waals surface area contributed by atoms with Crippen molar-refractivity contribution in [2.75, 3.05) is 0 Å². The molecule has 3 heteroatoms. The topological polar surface area (TPSA) is 57.5 Å². The van der Waals surface area contributed by atoms with Gasteiger partial charge in [0.05, 0.1) is 6.61 Å². The summed E-state index contributed by atoms with van der Waals surface area (Å²) in [5.41, 5.74) is 2.50. The van der Waals surface area contributed by atoms with Crippen molar-refractivity contribution < 1.29 is 15.0 Å². The molecule has 2 rings (SSSR count). The summed E-state index contributed by atoms with van der Waals surface area (Å²) >= 11 is 0. The first-order valence-electron chi connectivity index (χ1n) is 6.56. The van der Waals surface area contributed by atoms with Gasteiger partial charge in [-0.25, -0.2) is 0 Å². The van der Waals surface area contributed by atoms with Crippen molar-refractivity contribution in [3.63, 3.8) is 0 Å². The molecule has 0 radical (unpaired) electrons. The van der Waals surface area contributed by atoms with E-state index in [4.69, 9.17) is 5.11 Å². The molecule has 0 aliphatic carbocycles. The number of aliphatic hydroxyl groups excluding tert-OH is 1. The normalized spacial score (nSPS) is 11.3. The molecule has 21 heavy (non-hydrogen) atoms. The van der Waals surface area contributed by atoms with Gasteiger partial charge in [0.2, 0.25) is 0 Å². The minimum absolute atomic E-state index is 0.00951. The molecule has 0 saturated carbocycles. The highest BCUT2D eigenvalue weighted by molar-refractivity contribution is 6.04. The molecule has 0 amide bonds. The van der Waals surface area contributed by atoms with Gasteiger partial charge in [-0.1, -0.05) is 48.6 Å². The van der Waals surface area contributed by atoms with Crippen molar-refractivity contribution in [3.8, 4) is 5.75 Å². The Bertz CT molecular complexity index is 667. The van der Waals surface area contributed by atoms with Gasteiger partial charge in [0.1, 0.15) is 5.75 Å². The maximum atomic E-state index is 11.7. The van der Waals surface area contributed by atoms with Crippen LogP contribution in [0.5, 0.6) is 5.75 Å². The van der Waals surface area contributed by atoms with Gasteiger partial charge in [0.25, 0.3) is 0 Å². The molecule has 2 aromatic rings. The molecule has 0 fully saturated rings. The summed E-state index contributed by atoms with van der Waals surface area (Å²) in [4.78, 5) is 11.7. The third-order valence-corrected chi connectivity index (χ3v) is 2.91. The number of phenolic OH excluding ortho intramolecular Hbond substituents is 1. The number of aliphatic hydroxyl groups is 1. The highest BCUT2D eigenvalue weighted by Crippen LogP contribution is 2.12. The van der Waals surface area contributed by atoms with Crippen LogP contribution < -0.4 is 0 Å². The molecule has 106 valence electrons. The van der Waals surface area contributed by atoms with Crippen molar-refractivity contribution in [2.24, 2.45) is 0 Å². The first kappa shape index (κ1) is 14.8. The van der Waals surface area contributed by atoms with Gasteiger partial charge in [-0.2, -0.15) is 0 Å². The molecule has 0 aromatic heterocycles. The lowest BCUT2D eigenvalue weighted by Crippen LogP contribution is -1.86. The van der Waals surface area contributed by atoms with Crippen molar-refractivity contribution in [1.29, 1.82) is 0 Å². The number of carbonyl (C=O) groups excluding carboxylic acids is 1. The first-order chi connectivity index (χ1) is 10.2. The predicted molar refractivity (Wildman–Crippen MR) is 83.5 cm³/mol.